The summed E-state index contributed by atoms with van der Waals surface area (Å²) in [6.45, 7) is 0. The number of benzene rings is 7. The Kier molecular flexibility index (Phi) is 7.17. The second-order valence-electron chi connectivity index (χ2n) is 13.2. The van der Waals surface area contributed by atoms with Gasteiger partial charge in [0.25, 0.3) is 0 Å². The molecule has 0 saturated carbocycles. The molecule has 10 rings (SSSR count). The maximum atomic E-state index is 6.46. The van der Waals surface area contributed by atoms with Crippen LogP contribution in [0.5, 0.6) is 0 Å². The van der Waals surface area contributed by atoms with Gasteiger partial charge < -0.3 is 4.42 Å². The predicted octanol–water partition coefficient (Wildman–Crippen LogP) is 12.2. The zero-order valence-electron chi connectivity index (χ0n) is 28.2. The second-order valence-corrected chi connectivity index (χ2v) is 13.2. The normalized spacial score (nSPS) is 13.3. The van der Waals surface area contributed by atoms with E-state index in [9.17, 15) is 0 Å². The van der Waals surface area contributed by atoms with Crippen molar-refractivity contribution < 1.29 is 4.42 Å². The lowest BCUT2D eigenvalue weighted by Crippen LogP contribution is -2.02. The molecule has 52 heavy (non-hydrogen) atoms. The molecule has 9 aromatic rings. The molecule has 244 valence electrons. The Bertz CT molecular complexity index is 2870. The van der Waals surface area contributed by atoms with Crippen LogP contribution in [0.25, 0.3) is 89.7 Å². The van der Waals surface area contributed by atoms with Crippen LogP contribution in [-0.4, -0.2) is 15.0 Å². The van der Waals surface area contributed by atoms with Crippen LogP contribution in [0.15, 0.2) is 174 Å². The van der Waals surface area contributed by atoms with E-state index in [0.717, 1.165) is 39.0 Å². The number of nitrogens with zero attached hydrogens (tertiary/aromatic N) is 3. The summed E-state index contributed by atoms with van der Waals surface area (Å²) in [5.74, 6) is 2.79. The monoisotopic (exact) mass is 665 g/mol. The van der Waals surface area contributed by atoms with Crippen LogP contribution in [0.3, 0.4) is 0 Å². The van der Waals surface area contributed by atoms with E-state index in [-0.39, 0.29) is 0 Å². The van der Waals surface area contributed by atoms with Crippen LogP contribution < -0.4 is 0 Å². The predicted molar refractivity (Wildman–Crippen MR) is 214 cm³/mol. The molecule has 0 saturated heterocycles. The van der Waals surface area contributed by atoms with E-state index in [4.69, 9.17) is 19.4 Å². The largest absolute Gasteiger partial charge is 0.456 e. The topological polar surface area (TPSA) is 51.8 Å². The van der Waals surface area contributed by atoms with Gasteiger partial charge >= 0.3 is 0 Å². The molecule has 0 aliphatic heterocycles. The molecule has 0 fully saturated rings. The summed E-state index contributed by atoms with van der Waals surface area (Å²) in [4.78, 5) is 15.1. The van der Waals surface area contributed by atoms with Crippen molar-refractivity contribution in [3.63, 3.8) is 0 Å². The third-order valence-corrected chi connectivity index (χ3v) is 9.98. The van der Waals surface area contributed by atoms with E-state index in [1.807, 2.05) is 30.3 Å². The average molecular weight is 666 g/mol. The van der Waals surface area contributed by atoms with Crippen LogP contribution in [-0.2, 0) is 6.42 Å². The highest BCUT2D eigenvalue weighted by Gasteiger charge is 2.22. The Morgan fingerprint density at radius 1 is 0.481 bits per heavy atom. The minimum Gasteiger partial charge on any atom is -0.456 e. The molecule has 4 heteroatoms. The number of furan rings is 1. The van der Waals surface area contributed by atoms with Crippen LogP contribution >= 0.6 is 0 Å². The van der Waals surface area contributed by atoms with Gasteiger partial charge in [-0.15, -0.1) is 0 Å². The SMILES string of the molecule is C1=Cc2oc3cccc(-c4ccccc4-c4ccccc4)c3c2C/C1=C/c1nc(-c2ccccc2)nc(-c2ccc3ccc4ccccc4c3c2)n1. The minimum absolute atomic E-state index is 0.618. The zero-order valence-corrected chi connectivity index (χ0v) is 28.2. The fourth-order valence-corrected chi connectivity index (χ4v) is 7.51. The Labute approximate surface area is 301 Å². The van der Waals surface area contributed by atoms with Crippen molar-refractivity contribution in [3.8, 4) is 45.0 Å². The van der Waals surface area contributed by atoms with Gasteiger partial charge in [0.1, 0.15) is 11.3 Å². The lowest BCUT2D eigenvalue weighted by molar-refractivity contribution is 0.598. The van der Waals surface area contributed by atoms with Crippen molar-refractivity contribution in [2.24, 2.45) is 0 Å². The van der Waals surface area contributed by atoms with Crippen molar-refractivity contribution in [2.45, 2.75) is 6.42 Å². The van der Waals surface area contributed by atoms with Gasteiger partial charge in [0.15, 0.2) is 17.5 Å². The number of fused-ring (bicyclic) bond motifs is 6. The Morgan fingerprint density at radius 3 is 1.96 bits per heavy atom. The summed E-state index contributed by atoms with van der Waals surface area (Å²) in [7, 11) is 0. The van der Waals surface area contributed by atoms with Crippen molar-refractivity contribution >= 4 is 44.7 Å². The first-order valence-electron chi connectivity index (χ1n) is 17.6. The number of hydrogen-bond donors (Lipinski definition) is 0. The Hall–Kier alpha value is -6.91. The number of hydrogen-bond acceptors (Lipinski definition) is 4. The van der Waals surface area contributed by atoms with Gasteiger partial charge in [-0.2, -0.15) is 0 Å². The standard InChI is InChI=1S/C48H31N3O/c1-3-12-32(13-4-1)37-17-9-10-19-39(37)40-20-11-21-44-46(40)42-28-31(22-27-43(42)52-44)29-45-49-47(35-15-5-2-6-16-35)51-48(50-45)36-26-25-34-24-23-33-14-7-8-18-38(33)41(34)30-36/h1-27,29-30H,28H2/b31-29+. The minimum atomic E-state index is 0.618. The molecule has 0 spiro atoms. The molecule has 7 aromatic carbocycles. The Morgan fingerprint density at radius 2 is 1.13 bits per heavy atom. The molecule has 2 aromatic heterocycles. The molecule has 1 aliphatic rings. The number of rotatable bonds is 5. The highest BCUT2D eigenvalue weighted by atomic mass is 16.3. The molecule has 2 heterocycles. The van der Waals surface area contributed by atoms with Gasteiger partial charge in [0.2, 0.25) is 0 Å². The van der Waals surface area contributed by atoms with E-state index >= 15 is 0 Å². The van der Waals surface area contributed by atoms with Crippen LogP contribution in [0.2, 0.25) is 0 Å². The summed E-state index contributed by atoms with van der Waals surface area (Å²) < 4.78 is 6.46. The molecule has 0 bridgehead atoms. The van der Waals surface area contributed by atoms with Crippen LogP contribution in [0, 0.1) is 0 Å². The van der Waals surface area contributed by atoms with E-state index in [1.165, 1.54) is 43.8 Å². The molecule has 4 nitrogen and oxygen atoms in total. The van der Waals surface area contributed by atoms with E-state index < -0.39 is 0 Å². The zero-order chi connectivity index (χ0) is 34.4. The number of allylic oxidation sites excluding steroid dienone is 2. The first-order chi connectivity index (χ1) is 25.7. The van der Waals surface area contributed by atoms with E-state index in [1.54, 1.807) is 0 Å². The lowest BCUT2D eigenvalue weighted by Gasteiger charge is -2.14. The summed E-state index contributed by atoms with van der Waals surface area (Å²) in [5, 5.41) is 5.92. The van der Waals surface area contributed by atoms with E-state index in [0.29, 0.717) is 23.9 Å². The average Bonchev–Trinajstić information content (AvgIpc) is 3.59. The third-order valence-electron chi connectivity index (χ3n) is 9.98. The van der Waals surface area contributed by atoms with Gasteiger partial charge in [0.05, 0.1) is 0 Å². The Balaban J connectivity index is 1.09. The first-order valence-corrected chi connectivity index (χ1v) is 17.6. The maximum absolute atomic E-state index is 6.46. The maximum Gasteiger partial charge on any atom is 0.164 e. The molecular formula is C48H31N3O. The van der Waals surface area contributed by atoms with Crippen molar-refractivity contribution in [1.82, 2.24) is 15.0 Å². The van der Waals surface area contributed by atoms with Gasteiger partial charge in [-0.1, -0.05) is 152 Å². The molecule has 0 N–H and O–H groups in total. The lowest BCUT2D eigenvalue weighted by atomic mass is 9.89. The van der Waals surface area contributed by atoms with Gasteiger partial charge in [-0.25, -0.2) is 15.0 Å². The third kappa shape index (κ3) is 5.29. The fraction of sp³-hybridized carbons (Fsp3) is 0.0208. The van der Waals surface area contributed by atoms with Gasteiger partial charge in [-0.05, 0) is 73.7 Å². The molecule has 0 unspecified atom stereocenters. The molecular weight excluding hydrogens is 635 g/mol. The summed E-state index contributed by atoms with van der Waals surface area (Å²) in [6, 6.07) is 55.0. The summed E-state index contributed by atoms with van der Waals surface area (Å²) in [6.07, 6.45) is 6.97. The second kappa shape index (κ2) is 12.4. The molecule has 0 atom stereocenters. The highest BCUT2D eigenvalue weighted by Crippen LogP contribution is 2.42. The molecule has 1 aliphatic carbocycles. The smallest absolute Gasteiger partial charge is 0.164 e. The molecule has 0 radical (unpaired) electrons. The quantitative estimate of drug-likeness (QED) is 0.172. The van der Waals surface area contributed by atoms with E-state index in [2.05, 4.69) is 146 Å². The van der Waals surface area contributed by atoms with Crippen molar-refractivity contribution in [2.75, 3.05) is 0 Å². The van der Waals surface area contributed by atoms with Gasteiger partial charge in [-0.3, -0.25) is 0 Å². The number of aromatic nitrogens is 3. The van der Waals surface area contributed by atoms with Crippen molar-refractivity contribution in [3.05, 3.63) is 187 Å². The summed E-state index contributed by atoms with van der Waals surface area (Å²) >= 11 is 0. The fourth-order valence-electron chi connectivity index (χ4n) is 7.51. The van der Waals surface area contributed by atoms with Gasteiger partial charge in [0, 0.05) is 28.5 Å². The first kappa shape index (κ1) is 30.0. The van der Waals surface area contributed by atoms with Crippen LogP contribution in [0.4, 0.5) is 0 Å². The molecule has 0 amide bonds. The van der Waals surface area contributed by atoms with Crippen molar-refractivity contribution in [1.29, 1.82) is 0 Å². The summed E-state index contributed by atoms with van der Waals surface area (Å²) in [5.41, 5.74) is 9.77. The highest BCUT2D eigenvalue weighted by molar-refractivity contribution is 6.08. The van der Waals surface area contributed by atoms with Crippen LogP contribution in [0.1, 0.15) is 17.1 Å².